The van der Waals surface area contributed by atoms with Crippen LogP contribution in [0.4, 0.5) is 14.9 Å². The number of H-pyrrole nitrogens is 1. The normalized spacial score (nSPS) is 17.3. The van der Waals surface area contributed by atoms with E-state index >= 15 is 4.39 Å². The third-order valence-electron chi connectivity index (χ3n) is 8.91. The number of aromatic amines is 1. The zero-order chi connectivity index (χ0) is 33.3. The van der Waals surface area contributed by atoms with Crippen molar-refractivity contribution >= 4 is 34.6 Å². The molecule has 2 fully saturated rings. The molecule has 2 aliphatic rings. The summed E-state index contributed by atoms with van der Waals surface area (Å²) in [7, 11) is 0. The number of anilines is 1. The van der Waals surface area contributed by atoms with Gasteiger partial charge in [-0.3, -0.25) is 9.48 Å². The van der Waals surface area contributed by atoms with Gasteiger partial charge in [0.1, 0.15) is 11.3 Å². The van der Waals surface area contributed by atoms with Gasteiger partial charge < -0.3 is 29.5 Å². The summed E-state index contributed by atoms with van der Waals surface area (Å²) in [6.45, 7) is 9.45. The molecule has 0 spiro atoms. The van der Waals surface area contributed by atoms with E-state index in [-0.39, 0.29) is 29.1 Å². The smallest absolute Gasteiger partial charge is 0.410 e. The molecule has 2 aromatic heterocycles. The van der Waals surface area contributed by atoms with E-state index < -0.39 is 17.4 Å². The van der Waals surface area contributed by atoms with E-state index in [2.05, 4.69) is 15.0 Å². The Morgan fingerprint density at radius 2 is 1.79 bits per heavy atom. The second-order valence-electron chi connectivity index (χ2n) is 13.3. The monoisotopic (exact) mass is 644 g/mol. The first-order valence-electron chi connectivity index (χ1n) is 16.1. The molecule has 0 aliphatic carbocycles. The molecule has 0 radical (unpaired) electrons. The lowest BCUT2D eigenvalue weighted by molar-refractivity contribution is -0.132. The maximum Gasteiger partial charge on any atom is 0.410 e. The Morgan fingerprint density at radius 3 is 2.45 bits per heavy atom. The number of carboxylic acids is 1. The first-order chi connectivity index (χ1) is 22.5. The molecule has 2 aromatic carbocycles. The van der Waals surface area contributed by atoms with Crippen molar-refractivity contribution < 1.29 is 28.6 Å². The molecule has 2 N–H and O–H groups in total. The van der Waals surface area contributed by atoms with Crippen molar-refractivity contribution in [2.45, 2.75) is 58.1 Å². The topological polar surface area (TPSA) is 124 Å². The number of ether oxygens (including phenoxy) is 1. The fourth-order valence-electron chi connectivity index (χ4n) is 6.52. The molecule has 47 heavy (non-hydrogen) atoms. The highest BCUT2D eigenvalue weighted by Crippen LogP contribution is 2.39. The second-order valence-corrected chi connectivity index (χ2v) is 13.3. The van der Waals surface area contributed by atoms with E-state index in [1.807, 2.05) is 63.4 Å². The Balaban J connectivity index is 1.23. The Morgan fingerprint density at radius 1 is 1.04 bits per heavy atom. The number of hydrogen-bond acceptors (Lipinski definition) is 6. The van der Waals surface area contributed by atoms with Gasteiger partial charge in [-0.2, -0.15) is 5.10 Å². The number of rotatable bonds is 7. The molecular formula is C35H41FN6O5. The lowest BCUT2D eigenvalue weighted by atomic mass is 9.87. The molecule has 2 amide bonds. The molecule has 2 aliphatic heterocycles. The Hall–Kier alpha value is -4.87. The summed E-state index contributed by atoms with van der Waals surface area (Å²) in [6, 6.07) is 13.1. The van der Waals surface area contributed by atoms with Crippen molar-refractivity contribution in [3.05, 3.63) is 71.9 Å². The van der Waals surface area contributed by atoms with Gasteiger partial charge in [0.05, 0.1) is 5.52 Å². The number of nitrogens with zero attached hydrogens (tertiary/aromatic N) is 5. The molecule has 0 bridgehead atoms. The molecule has 6 rings (SSSR count). The maximum atomic E-state index is 16.2. The van der Waals surface area contributed by atoms with Crippen LogP contribution in [-0.4, -0.2) is 92.5 Å². The van der Waals surface area contributed by atoms with Crippen LogP contribution >= 0.6 is 0 Å². The summed E-state index contributed by atoms with van der Waals surface area (Å²) < 4.78 is 23.4. The molecule has 11 nitrogen and oxygen atoms in total. The van der Waals surface area contributed by atoms with Gasteiger partial charge >= 0.3 is 12.1 Å². The van der Waals surface area contributed by atoms with Gasteiger partial charge in [0.2, 0.25) is 5.91 Å². The largest absolute Gasteiger partial charge is 0.477 e. The van der Waals surface area contributed by atoms with E-state index in [1.54, 1.807) is 20.7 Å². The van der Waals surface area contributed by atoms with Gasteiger partial charge in [-0.05, 0) is 80.6 Å². The molecule has 4 aromatic rings. The van der Waals surface area contributed by atoms with Crippen LogP contribution in [0, 0.1) is 5.82 Å². The predicted octanol–water partition coefficient (Wildman–Crippen LogP) is 5.72. The molecule has 4 heterocycles. The van der Waals surface area contributed by atoms with Crippen molar-refractivity contribution in [3.63, 3.8) is 0 Å². The van der Waals surface area contributed by atoms with Crippen LogP contribution in [0.2, 0.25) is 0 Å². The van der Waals surface area contributed by atoms with E-state index in [4.69, 9.17) is 4.74 Å². The summed E-state index contributed by atoms with van der Waals surface area (Å²) >= 11 is 0. The van der Waals surface area contributed by atoms with Crippen molar-refractivity contribution in [1.29, 1.82) is 0 Å². The van der Waals surface area contributed by atoms with E-state index in [9.17, 15) is 19.5 Å². The van der Waals surface area contributed by atoms with Crippen molar-refractivity contribution in [3.8, 4) is 11.1 Å². The highest BCUT2D eigenvalue weighted by Gasteiger charge is 2.30. The number of carbonyl (C=O) groups is 3. The average molecular weight is 645 g/mol. The number of piperidine rings is 1. The summed E-state index contributed by atoms with van der Waals surface area (Å²) in [5, 5.41) is 14.4. The molecule has 0 saturated carbocycles. The van der Waals surface area contributed by atoms with Gasteiger partial charge in [-0.25, -0.2) is 14.0 Å². The molecule has 2 saturated heterocycles. The number of piperazine rings is 1. The third-order valence-corrected chi connectivity index (χ3v) is 8.91. The highest BCUT2D eigenvalue weighted by molar-refractivity contribution is 6.01. The average Bonchev–Trinajstić information content (AvgIpc) is 3.75. The van der Waals surface area contributed by atoms with Gasteiger partial charge in [0.25, 0.3) is 0 Å². The van der Waals surface area contributed by atoms with E-state index in [0.29, 0.717) is 69.6 Å². The minimum absolute atomic E-state index is 0.00228. The number of carboxylic acid groups (broad SMARTS) is 1. The van der Waals surface area contributed by atoms with Crippen molar-refractivity contribution in [2.75, 3.05) is 44.2 Å². The van der Waals surface area contributed by atoms with E-state index in [1.165, 1.54) is 6.07 Å². The maximum absolute atomic E-state index is 16.2. The molecule has 0 unspecified atom stereocenters. The predicted molar refractivity (Wildman–Crippen MR) is 176 cm³/mol. The van der Waals surface area contributed by atoms with Crippen molar-refractivity contribution in [2.24, 2.45) is 0 Å². The number of benzene rings is 2. The Kier molecular flexibility index (Phi) is 8.94. The molecular weight excluding hydrogens is 603 g/mol. The number of hydrogen-bond donors (Lipinski definition) is 2. The van der Waals surface area contributed by atoms with Crippen LogP contribution in [0.5, 0.6) is 0 Å². The Bertz CT molecular complexity index is 1750. The Labute approximate surface area is 272 Å². The zero-order valence-electron chi connectivity index (χ0n) is 27.0. The number of carbonyl (C=O) groups excluding carboxylic acids is 2. The van der Waals surface area contributed by atoms with Gasteiger partial charge in [-0.15, -0.1) is 0 Å². The lowest BCUT2D eigenvalue weighted by Gasteiger charge is -2.36. The third kappa shape index (κ3) is 7.11. The van der Waals surface area contributed by atoms with E-state index in [0.717, 1.165) is 23.2 Å². The lowest BCUT2D eigenvalue weighted by Crippen LogP contribution is -2.50. The number of fused-ring (bicyclic) bond motifs is 1. The standard InChI is InChI=1S/C35H41FN6O5/c1-35(2,3)47-34(46)40-18-16-39(17-19-40)25-9-7-23(8-10-25)26-20-27(31(36)32-28(26)21-29(38-32)33(44)45)24-6-4-13-41(22-24)30(43)11-15-42-14-5-12-37-42/h5,7-10,12,14,20-21,24,38H,4,6,11,13,15-19,22H2,1-3H3,(H,44,45)/t24-/m1/s1. The fourth-order valence-corrected chi connectivity index (χ4v) is 6.52. The molecule has 248 valence electrons. The summed E-state index contributed by atoms with van der Waals surface area (Å²) in [5.74, 6) is -1.88. The minimum atomic E-state index is -1.17. The van der Waals surface area contributed by atoms with Gasteiger partial charge in [0.15, 0.2) is 5.82 Å². The quantitative estimate of drug-likeness (QED) is 0.264. The SMILES string of the molecule is CC(C)(C)OC(=O)N1CCN(c2ccc(-c3cc([C@@H]4CCCN(C(=O)CCn5cccn5)C4)c(F)c4[nH]c(C(=O)O)cc34)cc2)CC1. The fraction of sp³-hybridized carbons (Fsp3) is 0.429. The first-order valence-corrected chi connectivity index (χ1v) is 16.1. The van der Waals surface area contributed by atoms with Crippen LogP contribution in [0.1, 0.15) is 62.0 Å². The second kappa shape index (κ2) is 13.1. The number of aromatic nitrogens is 3. The van der Waals surface area contributed by atoms with Crippen LogP contribution in [0.25, 0.3) is 22.0 Å². The molecule has 1 atom stereocenters. The highest BCUT2D eigenvalue weighted by atomic mass is 19.1. The van der Waals surface area contributed by atoms with Gasteiger partial charge in [-0.1, -0.05) is 12.1 Å². The summed E-state index contributed by atoms with van der Waals surface area (Å²) in [6.07, 6.45) is 4.95. The number of nitrogens with one attached hydrogen (secondary N) is 1. The number of likely N-dealkylation sites (tertiary alicyclic amines) is 1. The zero-order valence-corrected chi connectivity index (χ0v) is 27.0. The number of aryl methyl sites for hydroxylation is 1. The minimum Gasteiger partial charge on any atom is -0.477 e. The number of halogens is 1. The van der Waals surface area contributed by atoms with Crippen LogP contribution in [0.3, 0.4) is 0 Å². The molecule has 12 heteroatoms. The summed E-state index contributed by atoms with van der Waals surface area (Å²) in [5.41, 5.74) is 2.53. The summed E-state index contributed by atoms with van der Waals surface area (Å²) in [4.78, 5) is 46.0. The first kappa shape index (κ1) is 32.1. The van der Waals surface area contributed by atoms with Crippen LogP contribution < -0.4 is 4.90 Å². The van der Waals surface area contributed by atoms with Crippen LogP contribution in [0.15, 0.2) is 54.9 Å². The van der Waals surface area contributed by atoms with Crippen LogP contribution in [-0.2, 0) is 16.1 Å². The van der Waals surface area contributed by atoms with Gasteiger partial charge in [0, 0.05) is 81.6 Å². The number of aromatic carboxylic acids is 1. The number of amides is 2. The van der Waals surface area contributed by atoms with Crippen molar-refractivity contribution in [1.82, 2.24) is 24.6 Å².